The molecule has 4 nitrogen and oxygen atoms in total. The Morgan fingerprint density at radius 2 is 1.97 bits per heavy atom. The molecule has 2 fully saturated rings. The highest BCUT2D eigenvalue weighted by Crippen LogP contribution is 2.44. The van der Waals surface area contributed by atoms with Gasteiger partial charge in [-0.15, -0.1) is 23.4 Å². The zero-order valence-corrected chi connectivity index (χ0v) is 23.1. The summed E-state index contributed by atoms with van der Waals surface area (Å²) in [6.45, 7) is 4.58. The monoisotopic (exact) mass is 560 g/mol. The molecule has 0 spiro atoms. The molecule has 0 N–H and O–H groups in total. The molecule has 1 saturated carbocycles. The first-order valence-electron chi connectivity index (χ1n) is 12.4. The number of hydrogen-bond acceptors (Lipinski definition) is 5. The van der Waals surface area contributed by atoms with Crippen molar-refractivity contribution in [2.24, 2.45) is 11.8 Å². The van der Waals surface area contributed by atoms with Crippen molar-refractivity contribution in [3.63, 3.8) is 0 Å². The van der Waals surface area contributed by atoms with Gasteiger partial charge < -0.3 is 14.2 Å². The Labute approximate surface area is 228 Å². The summed E-state index contributed by atoms with van der Waals surface area (Å²) in [6.07, 6.45) is 12.7. The van der Waals surface area contributed by atoms with Crippen LogP contribution >= 0.6 is 46.6 Å². The van der Waals surface area contributed by atoms with Crippen LogP contribution in [0.2, 0.25) is 10.0 Å². The third-order valence-corrected chi connectivity index (χ3v) is 8.44. The van der Waals surface area contributed by atoms with Crippen LogP contribution in [-0.2, 0) is 19.0 Å². The van der Waals surface area contributed by atoms with Crippen LogP contribution in [-0.4, -0.2) is 42.7 Å². The number of alkyl halides is 1. The normalized spacial score (nSPS) is 26.8. The second-order valence-corrected chi connectivity index (χ2v) is 11.6. The molecule has 1 aromatic rings. The molecule has 8 heteroatoms. The minimum Gasteiger partial charge on any atom is -0.461 e. The van der Waals surface area contributed by atoms with Crippen LogP contribution in [0.1, 0.15) is 51.4 Å². The number of rotatable bonds is 13. The van der Waals surface area contributed by atoms with E-state index in [-0.39, 0.29) is 36.3 Å². The predicted molar refractivity (Wildman–Crippen MR) is 146 cm³/mol. The van der Waals surface area contributed by atoms with Crippen LogP contribution in [0.4, 0.5) is 0 Å². The van der Waals surface area contributed by atoms with Gasteiger partial charge in [0.05, 0.1) is 6.10 Å². The van der Waals surface area contributed by atoms with E-state index in [4.69, 9.17) is 49.0 Å². The van der Waals surface area contributed by atoms with Crippen LogP contribution in [0.3, 0.4) is 0 Å². The van der Waals surface area contributed by atoms with Crippen LogP contribution in [0, 0.1) is 11.8 Å². The average Bonchev–Trinajstić information content (AvgIpc) is 3.12. The molecule has 0 amide bonds. The molecule has 1 aliphatic carbocycles. The number of allylic oxidation sites excluding steroid dienone is 2. The van der Waals surface area contributed by atoms with E-state index in [2.05, 4.69) is 18.7 Å². The SMILES string of the molecule is C=CCOC(=O)CCCC=CC[C@@H]1[C@@H](CSc2cc(Cl)cc(Cl)c2)[C@H](OC2CCCCO2)C[C@H]1Cl. The van der Waals surface area contributed by atoms with Crippen LogP contribution < -0.4 is 0 Å². The number of carbonyl (C=O) groups is 1. The van der Waals surface area contributed by atoms with E-state index in [1.54, 1.807) is 23.9 Å². The maximum absolute atomic E-state index is 11.6. The van der Waals surface area contributed by atoms with E-state index >= 15 is 0 Å². The molecule has 0 bridgehead atoms. The Kier molecular flexibility index (Phi) is 12.8. The Morgan fingerprint density at radius 3 is 2.69 bits per heavy atom. The number of carbonyl (C=O) groups excluding carboxylic acids is 1. The fourth-order valence-corrected chi connectivity index (χ4v) is 6.99. The standard InChI is InChI=1S/C27H35Cl3O4S/c1-2-12-32-26(31)10-6-4-3-5-9-22-23(18-35-21-15-19(28)14-20(29)16-21)25(17-24(22)30)34-27-11-7-8-13-33-27/h2-3,5,14-16,22-25,27H,1,4,6-13,17-18H2/t22-,23-,24-,25-,27?/m1/s1. The maximum atomic E-state index is 11.6. The van der Waals surface area contributed by atoms with E-state index in [9.17, 15) is 4.79 Å². The largest absolute Gasteiger partial charge is 0.461 e. The second kappa shape index (κ2) is 15.5. The fraction of sp³-hybridized carbons (Fsp3) is 0.593. The van der Waals surface area contributed by atoms with Gasteiger partial charge in [-0.05, 0) is 75.0 Å². The molecule has 1 saturated heterocycles. The molecule has 194 valence electrons. The molecule has 0 radical (unpaired) electrons. The highest BCUT2D eigenvalue weighted by Gasteiger charge is 2.43. The van der Waals surface area contributed by atoms with Gasteiger partial charge in [0, 0.05) is 39.1 Å². The molecule has 1 unspecified atom stereocenters. The molecule has 1 aliphatic heterocycles. The summed E-state index contributed by atoms with van der Waals surface area (Å²) in [4.78, 5) is 12.7. The summed E-state index contributed by atoms with van der Waals surface area (Å²) in [5, 5.41) is 1.31. The molecule has 1 heterocycles. The van der Waals surface area contributed by atoms with Crippen molar-refractivity contribution in [1.82, 2.24) is 0 Å². The fourth-order valence-electron chi connectivity index (χ4n) is 4.60. The van der Waals surface area contributed by atoms with Crippen molar-refractivity contribution < 1.29 is 19.0 Å². The van der Waals surface area contributed by atoms with Crippen molar-refractivity contribution in [2.45, 2.75) is 74.0 Å². The van der Waals surface area contributed by atoms with Gasteiger partial charge in [-0.1, -0.05) is 48.0 Å². The van der Waals surface area contributed by atoms with Crippen molar-refractivity contribution >= 4 is 52.5 Å². The van der Waals surface area contributed by atoms with Crippen LogP contribution in [0.15, 0.2) is 47.9 Å². The summed E-state index contributed by atoms with van der Waals surface area (Å²) in [5.41, 5.74) is 0. The Hall–Kier alpha value is -0.690. The summed E-state index contributed by atoms with van der Waals surface area (Å²) in [7, 11) is 0. The Bertz CT molecular complexity index is 823. The van der Waals surface area contributed by atoms with Gasteiger partial charge in [0.25, 0.3) is 0 Å². The van der Waals surface area contributed by atoms with E-state index in [0.717, 1.165) is 62.2 Å². The third kappa shape index (κ3) is 9.94. The first-order chi connectivity index (χ1) is 17.0. The van der Waals surface area contributed by atoms with Gasteiger partial charge in [0.2, 0.25) is 0 Å². The number of ether oxygens (including phenoxy) is 3. The van der Waals surface area contributed by atoms with Gasteiger partial charge in [-0.2, -0.15) is 0 Å². The van der Waals surface area contributed by atoms with Gasteiger partial charge in [-0.3, -0.25) is 4.79 Å². The number of halogens is 3. The summed E-state index contributed by atoms with van der Waals surface area (Å²) in [6, 6.07) is 5.64. The molecule has 1 aromatic carbocycles. The van der Waals surface area contributed by atoms with E-state index in [0.29, 0.717) is 22.4 Å². The predicted octanol–water partition coefficient (Wildman–Crippen LogP) is 8.09. The van der Waals surface area contributed by atoms with Crippen molar-refractivity contribution in [3.05, 3.63) is 53.1 Å². The highest BCUT2D eigenvalue weighted by atomic mass is 35.5. The molecule has 35 heavy (non-hydrogen) atoms. The smallest absolute Gasteiger partial charge is 0.306 e. The van der Waals surface area contributed by atoms with Gasteiger partial charge in [0.15, 0.2) is 6.29 Å². The quantitative estimate of drug-likeness (QED) is 0.0800. The van der Waals surface area contributed by atoms with Crippen LogP contribution in [0.5, 0.6) is 0 Å². The van der Waals surface area contributed by atoms with E-state index in [1.807, 2.05) is 12.1 Å². The zero-order valence-electron chi connectivity index (χ0n) is 20.0. The van der Waals surface area contributed by atoms with E-state index < -0.39 is 0 Å². The average molecular weight is 562 g/mol. The first kappa shape index (κ1) is 28.9. The van der Waals surface area contributed by atoms with Crippen molar-refractivity contribution in [2.75, 3.05) is 19.0 Å². The number of thioether (sulfide) groups is 1. The Balaban J connectivity index is 1.57. The second-order valence-electron chi connectivity index (χ2n) is 9.04. The van der Waals surface area contributed by atoms with Gasteiger partial charge in [-0.25, -0.2) is 0 Å². The van der Waals surface area contributed by atoms with Gasteiger partial charge >= 0.3 is 5.97 Å². The highest BCUT2D eigenvalue weighted by molar-refractivity contribution is 7.99. The molecule has 0 aromatic heterocycles. The summed E-state index contributed by atoms with van der Waals surface area (Å²) in [5.74, 6) is 1.26. The topological polar surface area (TPSA) is 44.8 Å². The number of hydrogen-bond donors (Lipinski definition) is 0. The first-order valence-corrected chi connectivity index (χ1v) is 14.6. The zero-order chi connectivity index (χ0) is 25.0. The maximum Gasteiger partial charge on any atom is 0.306 e. The molecule has 3 rings (SSSR count). The lowest BCUT2D eigenvalue weighted by atomic mass is 9.92. The Morgan fingerprint density at radius 1 is 1.17 bits per heavy atom. The number of unbranched alkanes of at least 4 members (excludes halogenated alkanes) is 1. The molecular weight excluding hydrogens is 527 g/mol. The van der Waals surface area contributed by atoms with Gasteiger partial charge in [0.1, 0.15) is 6.61 Å². The van der Waals surface area contributed by atoms with Crippen molar-refractivity contribution in [1.29, 1.82) is 0 Å². The summed E-state index contributed by atoms with van der Waals surface area (Å²) >= 11 is 21.0. The minimum atomic E-state index is -0.182. The van der Waals surface area contributed by atoms with Crippen molar-refractivity contribution in [3.8, 4) is 0 Å². The van der Waals surface area contributed by atoms with E-state index in [1.165, 1.54) is 0 Å². The third-order valence-electron chi connectivity index (χ3n) is 6.38. The lowest BCUT2D eigenvalue weighted by molar-refractivity contribution is -0.194. The molecular formula is C27H35Cl3O4S. The minimum absolute atomic E-state index is 0.0377. The summed E-state index contributed by atoms with van der Waals surface area (Å²) < 4.78 is 17.3. The number of esters is 1. The lowest BCUT2D eigenvalue weighted by Crippen LogP contribution is -2.32. The number of benzene rings is 1. The lowest BCUT2D eigenvalue weighted by Gasteiger charge is -2.30. The van der Waals surface area contributed by atoms with Crippen LogP contribution in [0.25, 0.3) is 0 Å². The molecule has 2 aliphatic rings. The molecule has 5 atom stereocenters.